The Morgan fingerprint density at radius 1 is 1.21 bits per heavy atom. The van der Waals surface area contributed by atoms with Gasteiger partial charge in [0, 0.05) is 24.4 Å². The minimum Gasteiger partial charge on any atom is -0.497 e. The molecule has 0 radical (unpaired) electrons. The van der Waals surface area contributed by atoms with Crippen molar-refractivity contribution in [3.05, 3.63) is 65.0 Å². The van der Waals surface area contributed by atoms with E-state index < -0.39 is 5.60 Å². The molecular formula is C25H26BrN5O3. The first-order chi connectivity index (χ1) is 16.4. The number of fused-ring (bicyclic) bond motifs is 1. The number of aliphatic hydroxyl groups is 1. The molecule has 1 aliphatic carbocycles. The lowest BCUT2D eigenvalue weighted by Gasteiger charge is -2.41. The average molecular weight is 524 g/mol. The summed E-state index contributed by atoms with van der Waals surface area (Å²) in [4.78, 5) is 8.76. The molecule has 0 atom stereocenters. The van der Waals surface area contributed by atoms with Crippen molar-refractivity contribution in [1.29, 1.82) is 0 Å². The second-order valence-corrected chi connectivity index (χ2v) is 9.78. The summed E-state index contributed by atoms with van der Waals surface area (Å²) in [5, 5.41) is 18.1. The number of benzene rings is 1. The number of hydrogen-bond acceptors (Lipinski definition) is 7. The summed E-state index contributed by atoms with van der Waals surface area (Å²) < 4.78 is 14.1. The summed E-state index contributed by atoms with van der Waals surface area (Å²) >= 11 is 3.55. The molecule has 1 saturated carbocycles. The van der Waals surface area contributed by atoms with Crippen LogP contribution in [0.1, 0.15) is 25.3 Å². The Balaban J connectivity index is 1.50. The Hall–Kier alpha value is -3.01. The molecule has 4 aromatic rings. The standard InChI is InChI=1S/C25H26BrN5O3/c1-25(32)10-16(11-25)12-28-13-17-5-6-18(33-2)8-20(17)22-9-23(34-19-4-3-7-27-14-19)30-24-21(26)15-29-31(22)24/h3-9,14-16,28,32H,10-13H2,1-2H3. The van der Waals surface area contributed by atoms with Gasteiger partial charge in [0.1, 0.15) is 11.5 Å². The van der Waals surface area contributed by atoms with Gasteiger partial charge >= 0.3 is 0 Å². The Morgan fingerprint density at radius 3 is 2.79 bits per heavy atom. The van der Waals surface area contributed by atoms with Crippen LogP contribution in [0.5, 0.6) is 17.4 Å². The third kappa shape index (κ3) is 4.77. The largest absolute Gasteiger partial charge is 0.497 e. The molecule has 0 aliphatic heterocycles. The number of nitrogens with one attached hydrogen (secondary N) is 1. The first kappa shape index (κ1) is 22.8. The Bertz CT molecular complexity index is 1300. The highest BCUT2D eigenvalue weighted by molar-refractivity contribution is 9.10. The number of hydrogen-bond donors (Lipinski definition) is 2. The maximum Gasteiger partial charge on any atom is 0.223 e. The maximum absolute atomic E-state index is 10.0. The van der Waals surface area contributed by atoms with Crippen molar-refractivity contribution in [1.82, 2.24) is 24.9 Å². The summed E-state index contributed by atoms with van der Waals surface area (Å²) in [5.41, 5.74) is 3.02. The molecule has 3 aromatic heterocycles. The Kier molecular flexibility index (Phi) is 6.24. The SMILES string of the molecule is COc1ccc(CNCC2CC(C)(O)C2)c(-c2cc(Oc3cccnc3)nc3c(Br)cnn23)c1. The number of methoxy groups -OCH3 is 1. The van der Waals surface area contributed by atoms with E-state index in [2.05, 4.69) is 42.4 Å². The summed E-state index contributed by atoms with van der Waals surface area (Å²) in [6.07, 6.45) is 6.73. The molecule has 8 nitrogen and oxygen atoms in total. The van der Waals surface area contributed by atoms with E-state index in [4.69, 9.17) is 9.47 Å². The van der Waals surface area contributed by atoms with Gasteiger partial charge in [-0.3, -0.25) is 4.98 Å². The molecule has 1 aliphatic rings. The number of rotatable bonds is 8. The fraction of sp³-hybridized carbons (Fsp3) is 0.320. The minimum atomic E-state index is -0.515. The third-order valence-electron chi connectivity index (χ3n) is 6.06. The molecule has 1 aromatic carbocycles. The van der Waals surface area contributed by atoms with Crippen LogP contribution >= 0.6 is 15.9 Å². The maximum atomic E-state index is 10.0. The normalized spacial score (nSPS) is 19.7. The molecule has 0 amide bonds. The number of aromatic nitrogens is 4. The van der Waals surface area contributed by atoms with E-state index in [0.29, 0.717) is 29.7 Å². The molecule has 2 N–H and O–H groups in total. The molecule has 34 heavy (non-hydrogen) atoms. The lowest BCUT2D eigenvalue weighted by Crippen LogP contribution is -2.44. The number of pyridine rings is 1. The molecule has 1 fully saturated rings. The first-order valence-corrected chi connectivity index (χ1v) is 11.9. The highest BCUT2D eigenvalue weighted by atomic mass is 79.9. The Labute approximate surface area is 206 Å². The van der Waals surface area contributed by atoms with Gasteiger partial charge in [0.25, 0.3) is 0 Å². The second-order valence-electron chi connectivity index (χ2n) is 8.92. The lowest BCUT2D eigenvalue weighted by atomic mass is 9.72. The number of ether oxygens (including phenoxy) is 2. The van der Waals surface area contributed by atoms with Gasteiger partial charge in [-0.2, -0.15) is 10.1 Å². The third-order valence-corrected chi connectivity index (χ3v) is 6.62. The molecule has 3 heterocycles. The zero-order chi connectivity index (χ0) is 23.7. The lowest BCUT2D eigenvalue weighted by molar-refractivity contribution is -0.0560. The van der Waals surface area contributed by atoms with Crippen LogP contribution in [0, 0.1) is 5.92 Å². The Morgan fingerprint density at radius 2 is 2.06 bits per heavy atom. The molecule has 0 bridgehead atoms. The first-order valence-electron chi connectivity index (χ1n) is 11.1. The van der Waals surface area contributed by atoms with Crippen molar-refractivity contribution in [3.63, 3.8) is 0 Å². The zero-order valence-electron chi connectivity index (χ0n) is 19.0. The fourth-order valence-electron chi connectivity index (χ4n) is 4.50. The van der Waals surface area contributed by atoms with Crippen LogP contribution in [-0.4, -0.2) is 43.9 Å². The average Bonchev–Trinajstić information content (AvgIpc) is 3.19. The van der Waals surface area contributed by atoms with E-state index in [1.807, 2.05) is 37.3 Å². The summed E-state index contributed by atoms with van der Waals surface area (Å²) in [6, 6.07) is 11.5. The van der Waals surface area contributed by atoms with Gasteiger partial charge in [0.05, 0.1) is 35.3 Å². The van der Waals surface area contributed by atoms with E-state index in [9.17, 15) is 5.11 Å². The number of nitrogens with zero attached hydrogens (tertiary/aromatic N) is 4. The van der Waals surface area contributed by atoms with Crippen LogP contribution in [0.4, 0.5) is 0 Å². The van der Waals surface area contributed by atoms with Crippen LogP contribution in [0.2, 0.25) is 0 Å². The molecule has 0 unspecified atom stereocenters. The van der Waals surface area contributed by atoms with Gasteiger partial charge in [-0.15, -0.1) is 0 Å². The van der Waals surface area contributed by atoms with E-state index in [-0.39, 0.29) is 0 Å². The second kappa shape index (κ2) is 9.32. The zero-order valence-corrected chi connectivity index (χ0v) is 20.6. The van der Waals surface area contributed by atoms with Gasteiger partial charge in [-0.05, 0) is 78.0 Å². The highest BCUT2D eigenvalue weighted by Gasteiger charge is 2.37. The van der Waals surface area contributed by atoms with Crippen molar-refractivity contribution < 1.29 is 14.6 Å². The smallest absolute Gasteiger partial charge is 0.223 e. The molecule has 176 valence electrons. The van der Waals surface area contributed by atoms with Crippen molar-refractivity contribution in [2.24, 2.45) is 5.92 Å². The van der Waals surface area contributed by atoms with Crippen LogP contribution in [0.15, 0.2) is 59.5 Å². The number of halogens is 1. The van der Waals surface area contributed by atoms with Gasteiger partial charge in [0.2, 0.25) is 5.88 Å². The fourth-order valence-corrected chi connectivity index (χ4v) is 4.85. The molecule has 0 saturated heterocycles. The van der Waals surface area contributed by atoms with E-state index >= 15 is 0 Å². The monoisotopic (exact) mass is 523 g/mol. The minimum absolute atomic E-state index is 0.440. The van der Waals surface area contributed by atoms with E-state index in [1.165, 1.54) is 0 Å². The molecular weight excluding hydrogens is 498 g/mol. The van der Waals surface area contributed by atoms with Crippen molar-refractivity contribution in [2.75, 3.05) is 13.7 Å². The van der Waals surface area contributed by atoms with Gasteiger partial charge in [0.15, 0.2) is 5.65 Å². The predicted molar refractivity (Wildman–Crippen MR) is 132 cm³/mol. The predicted octanol–water partition coefficient (Wildman–Crippen LogP) is 4.61. The van der Waals surface area contributed by atoms with Crippen LogP contribution < -0.4 is 14.8 Å². The summed E-state index contributed by atoms with van der Waals surface area (Å²) in [6.45, 7) is 3.42. The highest BCUT2D eigenvalue weighted by Crippen LogP contribution is 2.37. The quantitative estimate of drug-likeness (QED) is 0.348. The van der Waals surface area contributed by atoms with Crippen molar-refractivity contribution >= 4 is 21.6 Å². The topological polar surface area (TPSA) is 93.8 Å². The van der Waals surface area contributed by atoms with Gasteiger partial charge in [-0.1, -0.05) is 6.07 Å². The summed E-state index contributed by atoms with van der Waals surface area (Å²) in [5.74, 6) is 2.28. The van der Waals surface area contributed by atoms with Crippen molar-refractivity contribution in [3.8, 4) is 28.6 Å². The van der Waals surface area contributed by atoms with Crippen LogP contribution in [-0.2, 0) is 6.54 Å². The van der Waals surface area contributed by atoms with Gasteiger partial charge < -0.3 is 19.9 Å². The molecule has 5 rings (SSSR count). The molecule has 9 heteroatoms. The van der Waals surface area contributed by atoms with Crippen molar-refractivity contribution in [2.45, 2.75) is 31.9 Å². The van der Waals surface area contributed by atoms with Crippen LogP contribution in [0.25, 0.3) is 16.9 Å². The van der Waals surface area contributed by atoms with Gasteiger partial charge in [-0.25, -0.2) is 4.52 Å². The molecule has 0 spiro atoms. The van der Waals surface area contributed by atoms with E-state index in [1.54, 1.807) is 30.2 Å². The van der Waals surface area contributed by atoms with Crippen LogP contribution in [0.3, 0.4) is 0 Å². The summed E-state index contributed by atoms with van der Waals surface area (Å²) in [7, 11) is 1.66. The van der Waals surface area contributed by atoms with E-state index in [0.717, 1.165) is 46.4 Å².